The Kier molecular flexibility index (Phi) is 2.43. The van der Waals surface area contributed by atoms with Gasteiger partial charge in [-0.25, -0.2) is 0 Å². The van der Waals surface area contributed by atoms with Gasteiger partial charge in [0.1, 0.15) is 0 Å². The van der Waals surface area contributed by atoms with Gasteiger partial charge in [0.2, 0.25) is 0 Å². The minimum absolute atomic E-state index is 0.0654. The number of aromatic amines is 1. The van der Waals surface area contributed by atoms with E-state index >= 15 is 0 Å². The van der Waals surface area contributed by atoms with Crippen LogP contribution in [0.15, 0.2) is 25.0 Å². The van der Waals surface area contributed by atoms with Crippen molar-refractivity contribution in [3.05, 3.63) is 37.7 Å². The Morgan fingerprint density at radius 3 is 2.92 bits per heavy atom. The molecule has 1 aromatic heterocycles. The summed E-state index contributed by atoms with van der Waals surface area (Å²) >= 11 is -0.824. The Bertz CT molecular complexity index is 551. The van der Waals surface area contributed by atoms with E-state index in [2.05, 4.69) is 24.9 Å². The Morgan fingerprint density at radius 2 is 2.15 bits per heavy atom. The first kappa shape index (κ1) is 9.23. The molecule has 2 rings (SSSR count). The van der Waals surface area contributed by atoms with Crippen LogP contribution in [0.4, 0.5) is 0 Å². The average molecular weight is 249 g/mol. The summed E-state index contributed by atoms with van der Waals surface area (Å²) < 4.78 is 2.86. The second kappa shape index (κ2) is 3.43. The van der Waals surface area contributed by atoms with Gasteiger partial charge < -0.3 is 0 Å². The molecular formula is C10H10NOY. The van der Waals surface area contributed by atoms with Crippen LogP contribution in [-0.4, -0.2) is 4.98 Å². The molecule has 0 saturated heterocycles. The monoisotopic (exact) mass is 249 g/mol. The molecule has 1 aliphatic rings. The molecule has 0 radical (unpaired) electrons. The first-order valence-electron chi connectivity index (χ1n) is 4.27. The molecule has 0 unspecified atom stereocenters. The van der Waals surface area contributed by atoms with Gasteiger partial charge in [0.15, 0.2) is 0 Å². The topological polar surface area (TPSA) is 32.9 Å². The summed E-state index contributed by atoms with van der Waals surface area (Å²) in [5.41, 5.74) is 1.36. The van der Waals surface area contributed by atoms with Gasteiger partial charge in [-0.1, -0.05) is 0 Å². The molecule has 1 aromatic rings. The van der Waals surface area contributed by atoms with Gasteiger partial charge in [-0.15, -0.1) is 0 Å². The molecule has 0 fully saturated rings. The fourth-order valence-corrected chi connectivity index (χ4v) is 4.75. The van der Waals surface area contributed by atoms with E-state index in [9.17, 15) is 4.79 Å². The predicted octanol–water partition coefficient (Wildman–Crippen LogP) is 0.796. The first-order chi connectivity index (χ1) is 6.18. The zero-order chi connectivity index (χ0) is 9.42. The van der Waals surface area contributed by atoms with Gasteiger partial charge in [0.25, 0.3) is 0 Å². The molecular weight excluding hydrogens is 239 g/mol. The van der Waals surface area contributed by atoms with Crippen molar-refractivity contribution in [2.45, 2.75) is 13.8 Å². The van der Waals surface area contributed by atoms with Crippen LogP contribution in [-0.2, 0) is 28.7 Å². The van der Waals surface area contributed by atoms with Gasteiger partial charge in [-0.3, -0.25) is 0 Å². The van der Waals surface area contributed by atoms with E-state index in [0.717, 1.165) is 5.22 Å². The van der Waals surface area contributed by atoms with E-state index in [4.69, 9.17) is 0 Å². The van der Waals surface area contributed by atoms with Gasteiger partial charge in [0, 0.05) is 0 Å². The van der Waals surface area contributed by atoms with Crippen LogP contribution < -0.4 is 10.8 Å². The Morgan fingerprint density at radius 1 is 1.38 bits per heavy atom. The molecule has 64 valence electrons. The van der Waals surface area contributed by atoms with Crippen LogP contribution in [0.25, 0.3) is 6.08 Å². The number of hydrogen-bond acceptors (Lipinski definition) is 1. The van der Waals surface area contributed by atoms with E-state index in [1.807, 2.05) is 6.08 Å². The second-order valence-electron chi connectivity index (χ2n) is 3.33. The normalized spacial score (nSPS) is 14.0. The quantitative estimate of drug-likeness (QED) is 0.724. The van der Waals surface area contributed by atoms with E-state index in [-0.39, 0.29) is 5.56 Å². The summed E-state index contributed by atoms with van der Waals surface area (Å²) in [6.07, 6.45) is 3.77. The van der Waals surface area contributed by atoms with Crippen LogP contribution in [0, 0.1) is 1.95 Å². The third kappa shape index (κ3) is 1.65. The molecule has 0 aliphatic carbocycles. The van der Waals surface area contributed by atoms with Crippen molar-refractivity contribution < 1.29 is 28.7 Å². The third-order valence-corrected chi connectivity index (χ3v) is 6.57. The number of pyridine rings is 1. The van der Waals surface area contributed by atoms with E-state index < -0.39 is 28.7 Å². The Balaban J connectivity index is 2.96. The number of allylic oxidation sites excluding steroid dienone is 2. The first-order valence-corrected chi connectivity index (χ1v) is 7.11. The molecule has 0 atom stereocenters. The number of aromatic nitrogens is 1. The molecule has 2 heterocycles. The Hall–Kier alpha value is -0.336. The molecule has 1 aliphatic heterocycles. The Labute approximate surface area is 90.8 Å². The van der Waals surface area contributed by atoms with E-state index in [0.29, 0.717) is 0 Å². The molecule has 2 nitrogen and oxygen atoms in total. The van der Waals surface area contributed by atoms with Crippen molar-refractivity contribution >= 4 is 6.08 Å². The van der Waals surface area contributed by atoms with Crippen molar-refractivity contribution in [2.24, 2.45) is 0 Å². The SMILES string of the molecule is CC1=[C](C)[Y]=[c]2cc[nH]c(=O)c2=C1. The zero-order valence-electron chi connectivity index (χ0n) is 7.72. The molecule has 3 heteroatoms. The maximum atomic E-state index is 11.4. The third-order valence-electron chi connectivity index (χ3n) is 2.39. The van der Waals surface area contributed by atoms with Crippen LogP contribution >= 0.6 is 0 Å². The summed E-state index contributed by atoms with van der Waals surface area (Å²) in [5, 5.41) is 0.909. The number of nitrogens with one attached hydrogen (secondary N) is 1. The second-order valence-corrected chi connectivity index (χ2v) is 7.70. The molecule has 0 saturated carbocycles. The summed E-state index contributed by atoms with van der Waals surface area (Å²) in [7, 11) is 0. The molecule has 1 N–H and O–H groups in total. The van der Waals surface area contributed by atoms with Crippen LogP contribution in [0.2, 0.25) is 0 Å². The van der Waals surface area contributed by atoms with Crippen molar-refractivity contribution in [1.82, 2.24) is 4.98 Å². The van der Waals surface area contributed by atoms with Crippen LogP contribution in [0.5, 0.6) is 0 Å². The summed E-state index contributed by atoms with van der Waals surface area (Å²) in [5.74, 6) is 0. The van der Waals surface area contributed by atoms with E-state index in [1.165, 1.54) is 9.90 Å². The molecule has 0 amide bonds. The van der Waals surface area contributed by atoms with Crippen molar-refractivity contribution in [3.8, 4) is 0 Å². The van der Waals surface area contributed by atoms with Gasteiger partial charge in [-0.2, -0.15) is 0 Å². The fourth-order valence-electron chi connectivity index (χ4n) is 1.46. The molecule has 13 heavy (non-hydrogen) atoms. The van der Waals surface area contributed by atoms with Gasteiger partial charge in [0.05, 0.1) is 0 Å². The standard InChI is InChI=1S/C10H10NO.Y/c1-3-8(2)7-9-5-4-6-11-10(9)12;/h4,6-7H,1-2H3,(H,11,12);. The molecule has 0 aromatic carbocycles. The average Bonchev–Trinajstić information content (AvgIpc) is 2.09. The van der Waals surface area contributed by atoms with Crippen LogP contribution in [0.3, 0.4) is 0 Å². The van der Waals surface area contributed by atoms with Gasteiger partial charge >= 0.3 is 91.3 Å². The van der Waals surface area contributed by atoms with Crippen molar-refractivity contribution in [3.63, 3.8) is 0 Å². The summed E-state index contributed by atoms with van der Waals surface area (Å²) in [4.78, 5) is 14.2. The molecule has 0 spiro atoms. The molecule has 0 bridgehead atoms. The zero-order valence-corrected chi connectivity index (χ0v) is 10.6. The minimum atomic E-state index is -0.824. The number of rotatable bonds is 0. The van der Waals surface area contributed by atoms with E-state index in [1.54, 1.807) is 6.20 Å². The predicted molar refractivity (Wildman–Crippen MR) is 48.4 cm³/mol. The van der Waals surface area contributed by atoms with Crippen LogP contribution in [0.1, 0.15) is 13.8 Å². The fraction of sp³-hybridized carbons (Fsp3) is 0.200. The number of hydrogen-bond donors (Lipinski definition) is 1. The summed E-state index contributed by atoms with van der Waals surface area (Å²) in [6.45, 7) is 4.29. The summed E-state index contributed by atoms with van der Waals surface area (Å²) in [6, 6.07) is 2.06. The van der Waals surface area contributed by atoms with Gasteiger partial charge in [-0.05, 0) is 0 Å². The number of fused-ring (bicyclic) bond motifs is 1. The van der Waals surface area contributed by atoms with Crippen molar-refractivity contribution in [2.75, 3.05) is 0 Å². The number of H-pyrrole nitrogens is 1. The maximum absolute atomic E-state index is 11.4. The van der Waals surface area contributed by atoms with Crippen molar-refractivity contribution in [1.29, 1.82) is 0 Å².